The summed E-state index contributed by atoms with van der Waals surface area (Å²) in [6.45, 7) is 1.86. The van der Waals surface area contributed by atoms with Gasteiger partial charge in [0.2, 0.25) is 0 Å². The fraction of sp³-hybridized carbons (Fsp3) is 0.0625. The minimum absolute atomic E-state index is 0.446. The first-order valence-electron chi connectivity index (χ1n) is 6.87. The molecule has 3 aromatic rings. The number of para-hydroxylation sites is 1. The van der Waals surface area contributed by atoms with Crippen LogP contribution in [0.3, 0.4) is 0 Å². The fourth-order valence-corrected chi connectivity index (χ4v) is 2.56. The van der Waals surface area contributed by atoms with E-state index in [1.165, 1.54) is 0 Å². The lowest BCUT2D eigenvalue weighted by atomic mass is 10.3. The molecule has 5 nitrogen and oxygen atoms in total. The van der Waals surface area contributed by atoms with Crippen LogP contribution in [0.15, 0.2) is 53.8 Å². The molecule has 0 saturated heterocycles. The molecule has 7 heteroatoms. The van der Waals surface area contributed by atoms with E-state index < -0.39 is 0 Å². The monoisotopic (exact) mass is 345 g/mol. The lowest BCUT2D eigenvalue weighted by Gasteiger charge is -2.04. The van der Waals surface area contributed by atoms with Crippen LogP contribution < -0.4 is 5.43 Å². The third-order valence-corrected chi connectivity index (χ3v) is 3.85. The molecule has 2 heterocycles. The third-order valence-electron chi connectivity index (χ3n) is 3.17. The van der Waals surface area contributed by atoms with E-state index in [9.17, 15) is 0 Å². The number of halogens is 2. The van der Waals surface area contributed by atoms with Gasteiger partial charge in [-0.25, -0.2) is 9.67 Å². The molecular formula is C16H13Cl2N5. The Morgan fingerprint density at radius 2 is 1.91 bits per heavy atom. The molecule has 0 atom stereocenters. The molecule has 0 saturated carbocycles. The van der Waals surface area contributed by atoms with Crippen LogP contribution in [0.4, 0.5) is 5.82 Å². The third kappa shape index (κ3) is 3.36. The van der Waals surface area contributed by atoms with Gasteiger partial charge in [-0.05, 0) is 31.2 Å². The number of hydrogen-bond acceptors (Lipinski definition) is 4. The van der Waals surface area contributed by atoms with Crippen LogP contribution in [0.1, 0.15) is 11.3 Å². The molecule has 116 valence electrons. The maximum atomic E-state index is 6.43. The van der Waals surface area contributed by atoms with E-state index in [1.807, 2.05) is 43.3 Å². The summed E-state index contributed by atoms with van der Waals surface area (Å²) in [7, 11) is 0. The topological polar surface area (TPSA) is 55.1 Å². The first-order valence-corrected chi connectivity index (χ1v) is 7.62. The Bertz CT molecular complexity index is 843. The van der Waals surface area contributed by atoms with Gasteiger partial charge in [-0.2, -0.15) is 10.2 Å². The molecule has 0 aliphatic heterocycles. The van der Waals surface area contributed by atoms with Crippen molar-refractivity contribution in [2.24, 2.45) is 5.10 Å². The molecule has 0 bridgehead atoms. The number of hydrazone groups is 1. The number of aromatic nitrogens is 3. The molecule has 0 unspecified atom stereocenters. The Morgan fingerprint density at radius 3 is 2.65 bits per heavy atom. The summed E-state index contributed by atoms with van der Waals surface area (Å²) in [5, 5.41) is 9.61. The summed E-state index contributed by atoms with van der Waals surface area (Å²) >= 11 is 12.6. The van der Waals surface area contributed by atoms with Gasteiger partial charge in [0, 0.05) is 6.20 Å². The number of nitrogens with zero attached hydrogens (tertiary/aromatic N) is 4. The Labute approximate surface area is 143 Å². The first-order chi connectivity index (χ1) is 11.2. The van der Waals surface area contributed by atoms with Gasteiger partial charge < -0.3 is 0 Å². The van der Waals surface area contributed by atoms with Gasteiger partial charge in [0.25, 0.3) is 0 Å². The number of aryl methyl sites for hydroxylation is 1. The Morgan fingerprint density at radius 1 is 1.13 bits per heavy atom. The Balaban J connectivity index is 1.88. The van der Waals surface area contributed by atoms with E-state index in [0.717, 1.165) is 16.9 Å². The summed E-state index contributed by atoms with van der Waals surface area (Å²) in [5.41, 5.74) is 5.04. The van der Waals surface area contributed by atoms with E-state index in [0.29, 0.717) is 16.0 Å². The van der Waals surface area contributed by atoms with E-state index in [4.69, 9.17) is 23.2 Å². The van der Waals surface area contributed by atoms with Crippen molar-refractivity contribution in [1.82, 2.24) is 14.8 Å². The van der Waals surface area contributed by atoms with Gasteiger partial charge in [0.15, 0.2) is 0 Å². The van der Waals surface area contributed by atoms with Crippen LogP contribution in [0, 0.1) is 6.92 Å². The lowest BCUT2D eigenvalue weighted by Crippen LogP contribution is -1.97. The van der Waals surface area contributed by atoms with E-state index >= 15 is 0 Å². The molecule has 0 fully saturated rings. The van der Waals surface area contributed by atoms with Crippen molar-refractivity contribution in [3.05, 3.63) is 70.1 Å². The molecule has 3 rings (SSSR count). The van der Waals surface area contributed by atoms with Crippen molar-refractivity contribution in [2.45, 2.75) is 6.92 Å². The number of rotatable bonds is 4. The predicted molar refractivity (Wildman–Crippen MR) is 93.8 cm³/mol. The van der Waals surface area contributed by atoms with Gasteiger partial charge in [0.1, 0.15) is 11.0 Å². The maximum absolute atomic E-state index is 6.43. The number of benzene rings is 1. The van der Waals surface area contributed by atoms with Crippen LogP contribution in [0.5, 0.6) is 0 Å². The van der Waals surface area contributed by atoms with E-state index in [2.05, 4.69) is 20.6 Å². The quantitative estimate of drug-likeness (QED) is 0.565. The second-order valence-electron chi connectivity index (χ2n) is 4.74. The highest BCUT2D eigenvalue weighted by Crippen LogP contribution is 2.26. The summed E-state index contributed by atoms with van der Waals surface area (Å²) in [6.07, 6.45) is 3.30. The lowest BCUT2D eigenvalue weighted by molar-refractivity contribution is 0.863. The molecule has 1 N–H and O–H groups in total. The zero-order chi connectivity index (χ0) is 16.2. The highest BCUT2D eigenvalue weighted by atomic mass is 35.5. The van der Waals surface area contributed by atoms with Crippen molar-refractivity contribution in [1.29, 1.82) is 0 Å². The summed E-state index contributed by atoms with van der Waals surface area (Å²) in [6, 6.07) is 12.9. The molecule has 0 amide bonds. The average molecular weight is 346 g/mol. The minimum Gasteiger partial charge on any atom is -0.261 e. The number of nitrogens with one attached hydrogen (secondary N) is 1. The molecule has 0 spiro atoms. The normalized spacial score (nSPS) is 11.1. The number of anilines is 1. The Hall–Kier alpha value is -2.37. The second-order valence-corrected chi connectivity index (χ2v) is 5.50. The molecule has 2 aromatic heterocycles. The average Bonchev–Trinajstić information content (AvgIpc) is 2.84. The molecule has 0 aliphatic carbocycles. The van der Waals surface area contributed by atoms with Crippen molar-refractivity contribution >= 4 is 35.2 Å². The molecule has 0 radical (unpaired) electrons. The van der Waals surface area contributed by atoms with Crippen LogP contribution >= 0.6 is 23.2 Å². The van der Waals surface area contributed by atoms with Gasteiger partial charge in [0.05, 0.1) is 28.2 Å². The maximum Gasteiger partial charge on any atom is 0.146 e. The molecule has 1 aromatic carbocycles. The standard InChI is InChI=1S/C16H13Cl2N5/c1-11-12(10-20-21-15-8-4-5-9-19-15)16(18)23(22-11)14-7-3-2-6-13(14)17/h2-10H,1H3,(H,19,21)/b20-10-. The fourth-order valence-electron chi connectivity index (χ4n) is 2.03. The first kappa shape index (κ1) is 15.5. The van der Waals surface area contributed by atoms with Crippen LogP contribution in [0.25, 0.3) is 5.69 Å². The van der Waals surface area contributed by atoms with Crippen LogP contribution in [0.2, 0.25) is 10.2 Å². The molecule has 23 heavy (non-hydrogen) atoms. The van der Waals surface area contributed by atoms with Crippen molar-refractivity contribution in [2.75, 3.05) is 5.43 Å². The van der Waals surface area contributed by atoms with Crippen LogP contribution in [-0.2, 0) is 0 Å². The zero-order valence-corrected chi connectivity index (χ0v) is 13.8. The van der Waals surface area contributed by atoms with E-state index in [1.54, 1.807) is 23.2 Å². The van der Waals surface area contributed by atoms with Gasteiger partial charge in [-0.1, -0.05) is 41.4 Å². The van der Waals surface area contributed by atoms with Crippen molar-refractivity contribution in [3.63, 3.8) is 0 Å². The molecule has 0 aliphatic rings. The van der Waals surface area contributed by atoms with Gasteiger partial charge in [-0.3, -0.25) is 5.43 Å². The van der Waals surface area contributed by atoms with E-state index in [-0.39, 0.29) is 0 Å². The van der Waals surface area contributed by atoms with Crippen LogP contribution in [-0.4, -0.2) is 21.0 Å². The minimum atomic E-state index is 0.446. The largest absolute Gasteiger partial charge is 0.261 e. The summed E-state index contributed by atoms with van der Waals surface area (Å²) < 4.78 is 1.60. The zero-order valence-electron chi connectivity index (χ0n) is 12.2. The summed E-state index contributed by atoms with van der Waals surface area (Å²) in [5.74, 6) is 0.649. The predicted octanol–water partition coefficient (Wildman–Crippen LogP) is 4.33. The number of hydrogen-bond donors (Lipinski definition) is 1. The SMILES string of the molecule is Cc1nn(-c2ccccc2Cl)c(Cl)c1/C=N\Nc1ccccn1. The van der Waals surface area contributed by atoms with Gasteiger partial charge >= 0.3 is 0 Å². The number of pyridine rings is 1. The second kappa shape index (κ2) is 6.81. The van der Waals surface area contributed by atoms with Gasteiger partial charge in [-0.15, -0.1) is 0 Å². The van der Waals surface area contributed by atoms with Crippen molar-refractivity contribution in [3.8, 4) is 5.69 Å². The smallest absolute Gasteiger partial charge is 0.146 e. The summed E-state index contributed by atoms with van der Waals surface area (Å²) in [4.78, 5) is 4.12. The van der Waals surface area contributed by atoms with Crippen molar-refractivity contribution < 1.29 is 0 Å². The molecular weight excluding hydrogens is 333 g/mol. The Kier molecular flexibility index (Phi) is 4.60. The highest BCUT2D eigenvalue weighted by molar-refractivity contribution is 6.34. The highest BCUT2D eigenvalue weighted by Gasteiger charge is 2.14.